The number of nitrogens with zero attached hydrogens (tertiary/aromatic N) is 1. The minimum Gasteiger partial charge on any atom is -0.489 e. The Labute approximate surface area is 162 Å². The maximum absolute atomic E-state index is 12.4. The second-order valence-electron chi connectivity index (χ2n) is 6.02. The van der Waals surface area contributed by atoms with Crippen LogP contribution in [0, 0.1) is 10.1 Å². The van der Waals surface area contributed by atoms with Gasteiger partial charge >= 0.3 is 5.97 Å². The SMILES string of the molecule is COC1=C(OC)C(=O)C(CCCOC(=O)CCCCCO[N+](=O)[O-])=C(C)C1=O. The van der Waals surface area contributed by atoms with E-state index in [9.17, 15) is 24.5 Å². The van der Waals surface area contributed by atoms with Crippen LogP contribution in [0.25, 0.3) is 0 Å². The lowest BCUT2D eigenvalue weighted by Gasteiger charge is -2.20. The first-order chi connectivity index (χ1) is 13.3. The summed E-state index contributed by atoms with van der Waals surface area (Å²) >= 11 is 0. The summed E-state index contributed by atoms with van der Waals surface area (Å²) in [7, 11) is 2.59. The molecule has 0 amide bonds. The van der Waals surface area contributed by atoms with Gasteiger partial charge in [0.25, 0.3) is 5.09 Å². The summed E-state index contributed by atoms with van der Waals surface area (Å²) in [6, 6.07) is 0. The Morgan fingerprint density at radius 1 is 0.964 bits per heavy atom. The van der Waals surface area contributed by atoms with Gasteiger partial charge in [-0.1, -0.05) is 6.42 Å². The van der Waals surface area contributed by atoms with Crippen molar-refractivity contribution in [2.75, 3.05) is 27.4 Å². The van der Waals surface area contributed by atoms with Gasteiger partial charge < -0.3 is 19.0 Å². The van der Waals surface area contributed by atoms with Crippen LogP contribution in [0.5, 0.6) is 0 Å². The zero-order valence-electron chi connectivity index (χ0n) is 16.3. The maximum Gasteiger partial charge on any atom is 0.305 e. The number of allylic oxidation sites excluding steroid dienone is 2. The number of unbranched alkanes of at least 4 members (excludes halogenated alkanes) is 2. The first-order valence-corrected chi connectivity index (χ1v) is 8.87. The Morgan fingerprint density at radius 2 is 1.61 bits per heavy atom. The number of hydrogen-bond donors (Lipinski definition) is 0. The van der Waals surface area contributed by atoms with E-state index >= 15 is 0 Å². The van der Waals surface area contributed by atoms with Gasteiger partial charge in [0.2, 0.25) is 23.1 Å². The standard InChI is InChI=1S/C18H25NO9/c1-12-13(16(22)18(26-3)17(25-2)15(12)21)8-7-10-27-14(20)9-5-4-6-11-28-19(23)24/h4-11H2,1-3H3. The van der Waals surface area contributed by atoms with Gasteiger partial charge in [0.05, 0.1) is 27.4 Å². The number of methoxy groups -OCH3 is 2. The van der Waals surface area contributed by atoms with Crippen LogP contribution in [0.15, 0.2) is 22.7 Å². The van der Waals surface area contributed by atoms with Gasteiger partial charge in [0.15, 0.2) is 0 Å². The van der Waals surface area contributed by atoms with Crippen molar-refractivity contribution in [1.29, 1.82) is 0 Å². The fourth-order valence-electron chi connectivity index (χ4n) is 2.69. The Morgan fingerprint density at radius 3 is 2.21 bits per heavy atom. The van der Waals surface area contributed by atoms with E-state index in [1.807, 2.05) is 0 Å². The van der Waals surface area contributed by atoms with Crippen LogP contribution in [0.1, 0.15) is 45.4 Å². The molecule has 0 spiro atoms. The van der Waals surface area contributed by atoms with Crippen molar-refractivity contribution in [3.05, 3.63) is 32.8 Å². The van der Waals surface area contributed by atoms with E-state index < -0.39 is 16.7 Å². The third-order valence-corrected chi connectivity index (χ3v) is 4.15. The molecule has 0 N–H and O–H groups in total. The molecule has 0 saturated heterocycles. The lowest BCUT2D eigenvalue weighted by molar-refractivity contribution is -0.757. The van der Waals surface area contributed by atoms with Gasteiger partial charge in [-0.05, 0) is 32.6 Å². The highest BCUT2D eigenvalue weighted by molar-refractivity contribution is 6.23. The minimum atomic E-state index is -0.850. The molecule has 0 fully saturated rings. The average Bonchev–Trinajstić information content (AvgIpc) is 2.66. The van der Waals surface area contributed by atoms with Crippen LogP contribution in [-0.4, -0.2) is 50.1 Å². The summed E-state index contributed by atoms with van der Waals surface area (Å²) in [5.41, 5.74) is 0.621. The van der Waals surface area contributed by atoms with E-state index in [1.165, 1.54) is 14.2 Å². The molecular formula is C18H25NO9. The Hall–Kier alpha value is -2.91. The Balaban J connectivity index is 2.34. The van der Waals surface area contributed by atoms with Gasteiger partial charge in [0, 0.05) is 17.6 Å². The third kappa shape index (κ3) is 6.67. The molecule has 0 bridgehead atoms. The van der Waals surface area contributed by atoms with Crippen LogP contribution < -0.4 is 0 Å². The molecular weight excluding hydrogens is 374 g/mol. The molecule has 0 aromatic heterocycles. The molecule has 0 radical (unpaired) electrons. The van der Waals surface area contributed by atoms with Crippen molar-refractivity contribution in [2.24, 2.45) is 0 Å². The van der Waals surface area contributed by atoms with Crippen molar-refractivity contribution in [2.45, 2.75) is 45.4 Å². The lowest BCUT2D eigenvalue weighted by atomic mass is 9.90. The molecule has 0 aliphatic heterocycles. The van der Waals surface area contributed by atoms with Crippen LogP contribution in [0.4, 0.5) is 0 Å². The van der Waals surface area contributed by atoms with Crippen molar-refractivity contribution < 1.29 is 38.5 Å². The zero-order chi connectivity index (χ0) is 21.1. The predicted octanol–water partition coefficient (Wildman–Crippen LogP) is 2.05. The summed E-state index contributed by atoms with van der Waals surface area (Å²) in [4.78, 5) is 50.5. The highest BCUT2D eigenvalue weighted by atomic mass is 16.9. The number of ether oxygens (including phenoxy) is 3. The van der Waals surface area contributed by atoms with Crippen molar-refractivity contribution in [3.63, 3.8) is 0 Å². The van der Waals surface area contributed by atoms with Crippen LogP contribution in [0.2, 0.25) is 0 Å². The smallest absolute Gasteiger partial charge is 0.305 e. The molecule has 0 unspecified atom stereocenters. The maximum atomic E-state index is 12.4. The molecule has 0 atom stereocenters. The van der Waals surface area contributed by atoms with Gasteiger partial charge in [-0.15, -0.1) is 10.1 Å². The zero-order valence-corrected chi connectivity index (χ0v) is 16.3. The third-order valence-electron chi connectivity index (χ3n) is 4.15. The quantitative estimate of drug-likeness (QED) is 0.150. The summed E-state index contributed by atoms with van der Waals surface area (Å²) in [5.74, 6) is -1.41. The monoisotopic (exact) mass is 399 g/mol. The highest BCUT2D eigenvalue weighted by Gasteiger charge is 2.34. The average molecular weight is 399 g/mol. The summed E-state index contributed by atoms with van der Waals surface area (Å²) in [6.45, 7) is 1.67. The number of carbonyl (C=O) groups excluding carboxylic acids is 3. The van der Waals surface area contributed by atoms with Crippen molar-refractivity contribution in [1.82, 2.24) is 0 Å². The van der Waals surface area contributed by atoms with Crippen molar-refractivity contribution in [3.8, 4) is 0 Å². The van der Waals surface area contributed by atoms with E-state index in [-0.39, 0.29) is 43.5 Å². The normalized spacial score (nSPS) is 14.2. The first-order valence-electron chi connectivity index (χ1n) is 8.87. The number of hydrogen-bond acceptors (Lipinski definition) is 9. The fraction of sp³-hybridized carbons (Fsp3) is 0.611. The summed E-state index contributed by atoms with van der Waals surface area (Å²) in [5, 5.41) is 9.13. The molecule has 0 heterocycles. The van der Waals surface area contributed by atoms with E-state index in [1.54, 1.807) is 6.92 Å². The lowest BCUT2D eigenvalue weighted by Crippen LogP contribution is -2.25. The highest BCUT2D eigenvalue weighted by Crippen LogP contribution is 2.28. The van der Waals surface area contributed by atoms with E-state index in [0.717, 1.165) is 0 Å². The molecule has 0 saturated carbocycles. The number of rotatable bonds is 13. The molecule has 0 aromatic carbocycles. The molecule has 10 heteroatoms. The molecule has 10 nitrogen and oxygen atoms in total. The van der Waals surface area contributed by atoms with E-state index in [2.05, 4.69) is 4.84 Å². The molecule has 1 aliphatic rings. The molecule has 28 heavy (non-hydrogen) atoms. The van der Waals surface area contributed by atoms with Crippen LogP contribution in [0.3, 0.4) is 0 Å². The molecule has 1 rings (SSSR count). The summed E-state index contributed by atoms with van der Waals surface area (Å²) < 4.78 is 15.1. The van der Waals surface area contributed by atoms with Gasteiger partial charge in [-0.3, -0.25) is 14.4 Å². The first kappa shape index (κ1) is 23.1. The topological polar surface area (TPSA) is 131 Å². The van der Waals surface area contributed by atoms with Crippen LogP contribution in [-0.2, 0) is 33.4 Å². The van der Waals surface area contributed by atoms with E-state index in [4.69, 9.17) is 14.2 Å². The number of esters is 1. The van der Waals surface area contributed by atoms with Crippen LogP contribution >= 0.6 is 0 Å². The fourth-order valence-corrected chi connectivity index (χ4v) is 2.69. The largest absolute Gasteiger partial charge is 0.489 e. The number of carbonyl (C=O) groups is 3. The molecule has 1 aliphatic carbocycles. The second kappa shape index (κ2) is 11.7. The number of ketones is 2. The second-order valence-corrected chi connectivity index (χ2v) is 6.02. The van der Waals surface area contributed by atoms with Gasteiger partial charge in [-0.2, -0.15) is 0 Å². The Bertz CT molecular complexity index is 679. The van der Waals surface area contributed by atoms with Gasteiger partial charge in [-0.25, -0.2) is 0 Å². The summed E-state index contributed by atoms with van der Waals surface area (Å²) in [6.07, 6.45) is 2.49. The van der Waals surface area contributed by atoms with Gasteiger partial charge in [0.1, 0.15) is 0 Å². The number of Topliss-reactive ketones (excluding diaryl/α,β-unsaturated/α-hetero) is 2. The molecule has 156 valence electrons. The predicted molar refractivity (Wildman–Crippen MR) is 95.4 cm³/mol. The van der Waals surface area contributed by atoms with Crippen molar-refractivity contribution >= 4 is 17.5 Å². The Kier molecular flexibility index (Phi) is 9.69. The molecule has 0 aromatic rings. The minimum absolute atomic E-state index is 0.00591. The van der Waals surface area contributed by atoms with E-state index in [0.29, 0.717) is 36.8 Å².